The summed E-state index contributed by atoms with van der Waals surface area (Å²) < 4.78 is 1.59. The van der Waals surface area contributed by atoms with Gasteiger partial charge in [-0.1, -0.05) is 29.8 Å². The van der Waals surface area contributed by atoms with Gasteiger partial charge in [0.25, 0.3) is 0 Å². The molecule has 0 radical (unpaired) electrons. The average molecular weight is 259 g/mol. The van der Waals surface area contributed by atoms with Crippen LogP contribution in [0.2, 0.25) is 0 Å². The fourth-order valence-electron chi connectivity index (χ4n) is 2.00. The normalized spacial score (nSPS) is 10.6. The molecule has 2 rings (SSSR count). The monoisotopic (exact) mass is 259 g/mol. The number of hydrogen-bond acceptors (Lipinski definition) is 3. The number of rotatable bonds is 5. The van der Waals surface area contributed by atoms with Crippen LogP contribution in [0.5, 0.6) is 0 Å². The predicted molar refractivity (Wildman–Crippen MR) is 71.9 cm³/mol. The molecule has 5 heteroatoms. The maximum Gasteiger partial charge on any atom is 0.339 e. The minimum absolute atomic E-state index is 0.249. The summed E-state index contributed by atoms with van der Waals surface area (Å²) in [5, 5.41) is 16.3. The first-order chi connectivity index (χ1) is 9.08. The number of nitrogens with one attached hydrogen (secondary N) is 1. The van der Waals surface area contributed by atoms with Gasteiger partial charge in [-0.3, -0.25) is 4.68 Å². The third-order valence-corrected chi connectivity index (χ3v) is 3.00. The lowest BCUT2D eigenvalue weighted by Crippen LogP contribution is -2.17. The topological polar surface area (TPSA) is 67.2 Å². The second-order valence-electron chi connectivity index (χ2n) is 4.53. The summed E-state index contributed by atoms with van der Waals surface area (Å²) >= 11 is 0. The Kier molecular flexibility index (Phi) is 3.97. The molecule has 2 aromatic rings. The standard InChI is InChI=1S/C14H17N3O2/c1-10-4-3-5-11(6-10)7-15-9-13-12(14(18)19)8-16-17(13)2/h3-6,8,15H,7,9H2,1-2H3,(H,18,19). The van der Waals surface area contributed by atoms with Crippen LogP contribution in [0.25, 0.3) is 0 Å². The van der Waals surface area contributed by atoms with Gasteiger partial charge in [-0.25, -0.2) is 4.79 Å². The highest BCUT2D eigenvalue weighted by Gasteiger charge is 2.14. The van der Waals surface area contributed by atoms with Gasteiger partial charge in [0.1, 0.15) is 5.56 Å². The average Bonchev–Trinajstić information content (AvgIpc) is 2.71. The van der Waals surface area contributed by atoms with Crippen molar-refractivity contribution in [3.05, 3.63) is 52.8 Å². The van der Waals surface area contributed by atoms with Crippen LogP contribution >= 0.6 is 0 Å². The third-order valence-electron chi connectivity index (χ3n) is 3.00. The van der Waals surface area contributed by atoms with E-state index in [0.29, 0.717) is 18.8 Å². The van der Waals surface area contributed by atoms with Gasteiger partial charge < -0.3 is 10.4 Å². The first-order valence-corrected chi connectivity index (χ1v) is 6.08. The molecule has 0 spiro atoms. The SMILES string of the molecule is Cc1cccc(CNCc2c(C(=O)O)cnn2C)c1. The fourth-order valence-corrected chi connectivity index (χ4v) is 2.00. The van der Waals surface area contributed by atoms with E-state index in [1.54, 1.807) is 11.7 Å². The molecule has 0 saturated carbocycles. The van der Waals surface area contributed by atoms with Crippen molar-refractivity contribution in [2.24, 2.45) is 7.05 Å². The molecule has 0 aliphatic rings. The van der Waals surface area contributed by atoms with Crippen molar-refractivity contribution in [2.45, 2.75) is 20.0 Å². The molecule has 0 fully saturated rings. The Balaban J connectivity index is 2.00. The van der Waals surface area contributed by atoms with E-state index < -0.39 is 5.97 Å². The van der Waals surface area contributed by atoms with Gasteiger partial charge in [0.15, 0.2) is 0 Å². The molecule has 0 bridgehead atoms. The van der Waals surface area contributed by atoms with E-state index in [2.05, 4.69) is 16.5 Å². The smallest absolute Gasteiger partial charge is 0.339 e. The summed E-state index contributed by atoms with van der Waals surface area (Å²) in [4.78, 5) is 11.0. The van der Waals surface area contributed by atoms with E-state index in [1.807, 2.05) is 25.1 Å². The molecular weight excluding hydrogens is 242 g/mol. The van der Waals surface area contributed by atoms with Gasteiger partial charge in [0.05, 0.1) is 11.9 Å². The summed E-state index contributed by atoms with van der Waals surface area (Å²) in [6.45, 7) is 3.23. The van der Waals surface area contributed by atoms with Crippen LogP contribution < -0.4 is 5.32 Å². The first kappa shape index (κ1) is 13.3. The lowest BCUT2D eigenvalue weighted by atomic mass is 10.1. The van der Waals surface area contributed by atoms with Crippen molar-refractivity contribution in [1.82, 2.24) is 15.1 Å². The lowest BCUT2D eigenvalue weighted by Gasteiger charge is -2.07. The molecule has 1 aromatic heterocycles. The second kappa shape index (κ2) is 5.67. The first-order valence-electron chi connectivity index (χ1n) is 6.08. The van der Waals surface area contributed by atoms with Gasteiger partial charge in [-0.15, -0.1) is 0 Å². The Labute approximate surface area is 111 Å². The summed E-state index contributed by atoms with van der Waals surface area (Å²) in [6, 6.07) is 8.21. The van der Waals surface area contributed by atoms with Crippen LogP contribution in [-0.4, -0.2) is 20.9 Å². The van der Waals surface area contributed by atoms with Gasteiger partial charge >= 0.3 is 5.97 Å². The van der Waals surface area contributed by atoms with Crippen molar-refractivity contribution >= 4 is 5.97 Å². The minimum Gasteiger partial charge on any atom is -0.478 e. The molecule has 19 heavy (non-hydrogen) atoms. The number of aromatic carboxylic acids is 1. The van der Waals surface area contributed by atoms with E-state index >= 15 is 0 Å². The van der Waals surface area contributed by atoms with Crippen molar-refractivity contribution in [3.63, 3.8) is 0 Å². The largest absolute Gasteiger partial charge is 0.478 e. The Morgan fingerprint density at radius 3 is 2.89 bits per heavy atom. The summed E-state index contributed by atoms with van der Waals surface area (Å²) in [5.41, 5.74) is 3.32. The molecule has 2 N–H and O–H groups in total. The van der Waals surface area contributed by atoms with Crippen molar-refractivity contribution < 1.29 is 9.90 Å². The van der Waals surface area contributed by atoms with Gasteiger partial charge in [0.2, 0.25) is 0 Å². The molecule has 5 nitrogen and oxygen atoms in total. The van der Waals surface area contributed by atoms with E-state index in [1.165, 1.54) is 17.3 Å². The van der Waals surface area contributed by atoms with E-state index in [-0.39, 0.29) is 5.56 Å². The summed E-state index contributed by atoms with van der Waals surface area (Å²) in [7, 11) is 1.75. The molecule has 0 aliphatic heterocycles. The van der Waals surface area contributed by atoms with E-state index in [0.717, 1.165) is 0 Å². The number of carbonyl (C=O) groups is 1. The molecule has 0 aliphatic carbocycles. The fraction of sp³-hybridized carbons (Fsp3) is 0.286. The zero-order valence-corrected chi connectivity index (χ0v) is 11.1. The van der Waals surface area contributed by atoms with Crippen molar-refractivity contribution in [3.8, 4) is 0 Å². The molecular formula is C14H17N3O2. The Morgan fingerprint density at radius 2 is 2.21 bits per heavy atom. The highest BCUT2D eigenvalue weighted by molar-refractivity contribution is 5.88. The van der Waals surface area contributed by atoms with Crippen LogP contribution in [-0.2, 0) is 20.1 Å². The van der Waals surface area contributed by atoms with E-state index in [4.69, 9.17) is 5.11 Å². The number of carboxylic acid groups (broad SMARTS) is 1. The molecule has 0 atom stereocenters. The third kappa shape index (κ3) is 3.20. The molecule has 0 saturated heterocycles. The molecule has 100 valence electrons. The second-order valence-corrected chi connectivity index (χ2v) is 4.53. The summed E-state index contributed by atoms with van der Waals surface area (Å²) in [5.74, 6) is -0.944. The molecule has 1 aromatic carbocycles. The molecule has 0 amide bonds. The quantitative estimate of drug-likeness (QED) is 0.858. The molecule has 0 unspecified atom stereocenters. The Bertz CT molecular complexity index is 590. The van der Waals surface area contributed by atoms with Crippen LogP contribution in [0.1, 0.15) is 27.2 Å². The minimum atomic E-state index is -0.944. The maximum absolute atomic E-state index is 11.0. The highest BCUT2D eigenvalue weighted by Crippen LogP contribution is 2.08. The predicted octanol–water partition coefficient (Wildman–Crippen LogP) is 1.72. The van der Waals surface area contributed by atoms with E-state index in [9.17, 15) is 4.79 Å². The van der Waals surface area contributed by atoms with Crippen LogP contribution in [0.4, 0.5) is 0 Å². The van der Waals surface area contributed by atoms with Gasteiger partial charge in [-0.2, -0.15) is 5.10 Å². The number of nitrogens with zero attached hydrogens (tertiary/aromatic N) is 2. The van der Waals surface area contributed by atoms with Crippen LogP contribution in [0, 0.1) is 6.92 Å². The van der Waals surface area contributed by atoms with Crippen LogP contribution in [0.3, 0.4) is 0 Å². The number of hydrogen-bond donors (Lipinski definition) is 2. The van der Waals surface area contributed by atoms with Crippen molar-refractivity contribution in [2.75, 3.05) is 0 Å². The lowest BCUT2D eigenvalue weighted by molar-refractivity contribution is 0.0695. The summed E-state index contributed by atoms with van der Waals surface area (Å²) in [6.07, 6.45) is 1.38. The zero-order chi connectivity index (χ0) is 13.8. The number of benzene rings is 1. The molecule has 1 heterocycles. The zero-order valence-electron chi connectivity index (χ0n) is 11.1. The number of carboxylic acids is 1. The van der Waals surface area contributed by atoms with Crippen molar-refractivity contribution in [1.29, 1.82) is 0 Å². The number of aromatic nitrogens is 2. The highest BCUT2D eigenvalue weighted by atomic mass is 16.4. The van der Waals surface area contributed by atoms with Gasteiger partial charge in [-0.05, 0) is 12.5 Å². The van der Waals surface area contributed by atoms with Gasteiger partial charge in [0, 0.05) is 20.1 Å². The number of aryl methyl sites for hydroxylation is 2. The maximum atomic E-state index is 11.0. The Morgan fingerprint density at radius 1 is 1.42 bits per heavy atom. The Hall–Kier alpha value is -2.14. The van der Waals surface area contributed by atoms with Crippen LogP contribution in [0.15, 0.2) is 30.5 Å².